The summed E-state index contributed by atoms with van der Waals surface area (Å²) in [7, 11) is 0. The number of likely N-dealkylation sites (tertiary alicyclic amines) is 1. The Balaban J connectivity index is 2.16. The Kier molecular flexibility index (Phi) is 4.35. The van der Waals surface area contributed by atoms with E-state index < -0.39 is 11.6 Å². The van der Waals surface area contributed by atoms with Crippen molar-refractivity contribution < 1.29 is 8.78 Å². The van der Waals surface area contributed by atoms with E-state index >= 15 is 0 Å². The van der Waals surface area contributed by atoms with Crippen molar-refractivity contribution in [3.8, 4) is 0 Å². The van der Waals surface area contributed by atoms with Crippen LogP contribution >= 0.6 is 15.9 Å². The van der Waals surface area contributed by atoms with Crippen molar-refractivity contribution in [2.45, 2.75) is 25.9 Å². The molecular weight excluding hydrogens is 302 g/mol. The van der Waals surface area contributed by atoms with Crippen LogP contribution in [-0.2, 0) is 6.54 Å². The van der Waals surface area contributed by atoms with Gasteiger partial charge in [-0.15, -0.1) is 0 Å². The molecule has 2 atom stereocenters. The summed E-state index contributed by atoms with van der Waals surface area (Å²) in [4.78, 5) is 2.02. The summed E-state index contributed by atoms with van der Waals surface area (Å²) in [5.41, 5.74) is 6.05. The molecule has 18 heavy (non-hydrogen) atoms. The number of piperidine rings is 1. The highest BCUT2D eigenvalue weighted by Gasteiger charge is 2.24. The average Bonchev–Trinajstić information content (AvgIpc) is 2.28. The van der Waals surface area contributed by atoms with Gasteiger partial charge >= 0.3 is 0 Å². The van der Waals surface area contributed by atoms with Crippen molar-refractivity contribution >= 4 is 15.9 Å². The molecule has 0 spiro atoms. The van der Waals surface area contributed by atoms with Crippen molar-refractivity contribution in [2.24, 2.45) is 11.7 Å². The molecular formula is C13H17BrF2N2. The van der Waals surface area contributed by atoms with Gasteiger partial charge in [0.05, 0.1) is 4.47 Å². The van der Waals surface area contributed by atoms with Gasteiger partial charge in [0.15, 0.2) is 0 Å². The van der Waals surface area contributed by atoms with Crippen molar-refractivity contribution in [3.63, 3.8) is 0 Å². The lowest BCUT2D eigenvalue weighted by Crippen LogP contribution is -2.46. The van der Waals surface area contributed by atoms with Crippen LogP contribution in [0.25, 0.3) is 0 Å². The zero-order chi connectivity index (χ0) is 13.3. The van der Waals surface area contributed by atoms with Crippen LogP contribution in [-0.4, -0.2) is 24.0 Å². The van der Waals surface area contributed by atoms with Crippen LogP contribution in [0, 0.1) is 17.6 Å². The molecule has 0 aromatic heterocycles. The zero-order valence-corrected chi connectivity index (χ0v) is 11.9. The normalized spacial score (nSPS) is 25.4. The molecule has 0 saturated carbocycles. The van der Waals surface area contributed by atoms with E-state index in [2.05, 4.69) is 22.9 Å². The lowest BCUT2D eigenvalue weighted by Gasteiger charge is -2.34. The molecule has 2 rings (SSSR count). The van der Waals surface area contributed by atoms with E-state index in [0.717, 1.165) is 13.0 Å². The van der Waals surface area contributed by atoms with Crippen LogP contribution < -0.4 is 5.73 Å². The zero-order valence-electron chi connectivity index (χ0n) is 10.3. The highest BCUT2D eigenvalue weighted by atomic mass is 79.9. The first kappa shape index (κ1) is 13.9. The molecule has 0 amide bonds. The van der Waals surface area contributed by atoms with Crippen LogP contribution in [0.15, 0.2) is 16.6 Å². The Morgan fingerprint density at radius 3 is 2.78 bits per heavy atom. The second-order valence-corrected chi connectivity index (χ2v) is 5.97. The number of halogens is 3. The number of hydrogen-bond donors (Lipinski definition) is 1. The summed E-state index contributed by atoms with van der Waals surface area (Å²) < 4.78 is 27.8. The van der Waals surface area contributed by atoms with Gasteiger partial charge in [0.1, 0.15) is 11.6 Å². The predicted octanol–water partition coefficient (Wildman–Crippen LogP) is 2.90. The molecule has 0 aliphatic carbocycles. The fourth-order valence-corrected chi connectivity index (χ4v) is 2.95. The molecule has 1 aromatic carbocycles. The Labute approximate surface area is 114 Å². The predicted molar refractivity (Wildman–Crippen MR) is 71.1 cm³/mol. The Hall–Kier alpha value is -0.520. The molecule has 2 unspecified atom stereocenters. The summed E-state index contributed by atoms with van der Waals surface area (Å²) in [5.74, 6) is -0.545. The van der Waals surface area contributed by atoms with Crippen molar-refractivity contribution in [3.05, 3.63) is 33.8 Å². The maximum absolute atomic E-state index is 13.9. The second kappa shape index (κ2) is 5.63. The smallest absolute Gasteiger partial charge is 0.144 e. The summed E-state index contributed by atoms with van der Waals surface area (Å²) >= 11 is 3.08. The molecule has 100 valence electrons. The van der Waals surface area contributed by atoms with Gasteiger partial charge in [-0.2, -0.15) is 0 Å². The Morgan fingerprint density at radius 2 is 2.11 bits per heavy atom. The molecule has 2 nitrogen and oxygen atoms in total. The third kappa shape index (κ3) is 3.08. The minimum atomic E-state index is -0.512. The van der Waals surface area contributed by atoms with E-state index in [0.29, 0.717) is 16.9 Å². The fraction of sp³-hybridized carbons (Fsp3) is 0.538. The third-order valence-corrected chi connectivity index (χ3v) is 3.90. The third-order valence-electron chi connectivity index (χ3n) is 3.29. The SMILES string of the molecule is CC1CC(N)CN(Cc2c(F)ccc(Br)c2F)C1. The lowest BCUT2D eigenvalue weighted by atomic mass is 9.96. The molecule has 1 saturated heterocycles. The quantitative estimate of drug-likeness (QED) is 0.850. The Morgan fingerprint density at radius 1 is 1.39 bits per heavy atom. The molecule has 1 fully saturated rings. The van der Waals surface area contributed by atoms with Gasteiger partial charge in [-0.05, 0) is 40.4 Å². The highest BCUT2D eigenvalue weighted by molar-refractivity contribution is 9.10. The summed E-state index contributed by atoms with van der Waals surface area (Å²) in [6, 6.07) is 2.76. The van der Waals surface area contributed by atoms with Crippen LogP contribution in [0.1, 0.15) is 18.9 Å². The largest absolute Gasteiger partial charge is 0.327 e. The van der Waals surface area contributed by atoms with Gasteiger partial charge in [-0.3, -0.25) is 4.90 Å². The first-order valence-electron chi connectivity index (χ1n) is 6.07. The van der Waals surface area contributed by atoms with Gasteiger partial charge in [-0.1, -0.05) is 6.92 Å². The maximum Gasteiger partial charge on any atom is 0.144 e. The molecule has 1 aliphatic rings. The molecule has 0 bridgehead atoms. The van der Waals surface area contributed by atoms with Gasteiger partial charge in [0.2, 0.25) is 0 Å². The van der Waals surface area contributed by atoms with E-state index in [9.17, 15) is 8.78 Å². The minimum Gasteiger partial charge on any atom is -0.327 e. The summed E-state index contributed by atoms with van der Waals surface area (Å²) in [5, 5.41) is 0. The van der Waals surface area contributed by atoms with Gasteiger partial charge in [-0.25, -0.2) is 8.78 Å². The molecule has 1 aliphatic heterocycles. The van der Waals surface area contributed by atoms with Crippen LogP contribution in [0.2, 0.25) is 0 Å². The van der Waals surface area contributed by atoms with Crippen LogP contribution in [0.4, 0.5) is 8.78 Å². The number of benzene rings is 1. The topological polar surface area (TPSA) is 29.3 Å². The molecule has 2 N–H and O–H groups in total. The Bertz CT molecular complexity index is 429. The van der Waals surface area contributed by atoms with Crippen LogP contribution in [0.3, 0.4) is 0 Å². The monoisotopic (exact) mass is 318 g/mol. The number of nitrogens with two attached hydrogens (primary N) is 1. The van der Waals surface area contributed by atoms with E-state index in [-0.39, 0.29) is 18.2 Å². The van der Waals surface area contributed by atoms with Crippen LogP contribution in [0.5, 0.6) is 0 Å². The molecule has 1 aromatic rings. The first-order valence-corrected chi connectivity index (χ1v) is 6.87. The van der Waals surface area contributed by atoms with E-state index in [4.69, 9.17) is 5.73 Å². The van der Waals surface area contributed by atoms with E-state index in [1.807, 2.05) is 4.90 Å². The number of hydrogen-bond acceptors (Lipinski definition) is 2. The summed E-state index contributed by atoms with van der Waals surface area (Å²) in [6.45, 7) is 3.91. The number of rotatable bonds is 2. The fourth-order valence-electron chi connectivity index (χ4n) is 2.58. The standard InChI is InChI=1S/C13H17BrF2N2/c1-8-4-9(17)6-18(5-8)7-10-12(15)3-2-11(14)13(10)16/h2-3,8-9H,4-7,17H2,1H3. The van der Waals surface area contributed by atoms with Gasteiger partial charge < -0.3 is 5.73 Å². The minimum absolute atomic E-state index is 0.0898. The van der Waals surface area contributed by atoms with Crippen molar-refractivity contribution in [2.75, 3.05) is 13.1 Å². The van der Waals surface area contributed by atoms with Crippen molar-refractivity contribution in [1.29, 1.82) is 0 Å². The van der Waals surface area contributed by atoms with Crippen molar-refractivity contribution in [1.82, 2.24) is 4.90 Å². The van der Waals surface area contributed by atoms with E-state index in [1.165, 1.54) is 12.1 Å². The van der Waals surface area contributed by atoms with Gasteiger partial charge in [0.25, 0.3) is 0 Å². The van der Waals surface area contributed by atoms with Gasteiger partial charge in [0, 0.05) is 31.2 Å². The highest BCUT2D eigenvalue weighted by Crippen LogP contribution is 2.24. The average molecular weight is 319 g/mol. The maximum atomic E-state index is 13.9. The lowest BCUT2D eigenvalue weighted by molar-refractivity contribution is 0.155. The van der Waals surface area contributed by atoms with E-state index in [1.54, 1.807) is 0 Å². The first-order chi connectivity index (χ1) is 8.47. The molecule has 0 radical (unpaired) electrons. The second-order valence-electron chi connectivity index (χ2n) is 5.12. The number of nitrogens with zero attached hydrogens (tertiary/aromatic N) is 1. The molecule has 1 heterocycles. The summed E-state index contributed by atoms with van der Waals surface area (Å²) in [6.07, 6.45) is 0.972. The molecule has 5 heteroatoms.